The summed E-state index contributed by atoms with van der Waals surface area (Å²) in [5.41, 5.74) is -0.844. The van der Waals surface area contributed by atoms with Gasteiger partial charge in [0.05, 0.1) is 5.56 Å². The van der Waals surface area contributed by atoms with Crippen molar-refractivity contribution in [3.63, 3.8) is 0 Å². The molecule has 1 aromatic rings. The van der Waals surface area contributed by atoms with Crippen molar-refractivity contribution in [1.82, 2.24) is 5.32 Å². The molecule has 1 rings (SSSR count). The number of hydrogen-bond donors (Lipinski definition) is 1. The summed E-state index contributed by atoms with van der Waals surface area (Å²) < 4.78 is 38.2. The van der Waals surface area contributed by atoms with Gasteiger partial charge in [-0.1, -0.05) is 28.8 Å². The molecule has 0 atom stereocenters. The molecule has 0 fully saturated rings. The van der Waals surface area contributed by atoms with E-state index in [-0.39, 0.29) is 10.0 Å². The summed E-state index contributed by atoms with van der Waals surface area (Å²) in [4.78, 5) is 11.8. The Morgan fingerprint density at radius 3 is 2.48 bits per heavy atom. The highest BCUT2D eigenvalue weighted by atomic mass is 79.9. The molecule has 0 saturated heterocycles. The minimum absolute atomic E-state index is 0.00582. The van der Waals surface area contributed by atoms with E-state index in [2.05, 4.69) is 21.2 Å². The molecule has 1 aromatic carbocycles. The first-order valence-electron chi connectivity index (χ1n) is 6.57. The number of benzene rings is 1. The summed E-state index contributed by atoms with van der Waals surface area (Å²) in [5.74, 6) is 0.121. The van der Waals surface area contributed by atoms with Crippen LogP contribution in [0, 0.1) is 0 Å². The largest absolute Gasteiger partial charge is 0.417 e. The Kier molecular flexibility index (Phi) is 7.52. The van der Waals surface area contributed by atoms with Crippen LogP contribution in [0.1, 0.15) is 41.6 Å². The Labute approximate surface area is 135 Å². The fourth-order valence-corrected chi connectivity index (χ4v) is 2.42. The standard InChI is InChI=1S/C14H16BrClF3NO/c15-12-6-5-10(9-11(12)14(17,18)19)13(21)20-8-4-2-1-3-7-16/h5-6,9H,1-4,7-8H2,(H,20,21). The van der Waals surface area contributed by atoms with Gasteiger partial charge < -0.3 is 5.32 Å². The number of rotatable bonds is 7. The molecule has 21 heavy (non-hydrogen) atoms. The first-order valence-corrected chi connectivity index (χ1v) is 7.90. The van der Waals surface area contributed by atoms with Gasteiger partial charge in [-0.25, -0.2) is 0 Å². The lowest BCUT2D eigenvalue weighted by molar-refractivity contribution is -0.138. The van der Waals surface area contributed by atoms with E-state index in [0.717, 1.165) is 31.7 Å². The molecule has 1 N–H and O–H groups in total. The minimum Gasteiger partial charge on any atom is -0.352 e. The van der Waals surface area contributed by atoms with E-state index < -0.39 is 17.6 Å². The van der Waals surface area contributed by atoms with Crippen LogP contribution in [0.3, 0.4) is 0 Å². The second-order valence-corrected chi connectivity index (χ2v) is 5.78. The third kappa shape index (κ3) is 6.26. The first-order chi connectivity index (χ1) is 9.86. The fraction of sp³-hybridized carbons (Fsp3) is 0.500. The van der Waals surface area contributed by atoms with Gasteiger partial charge in [0.2, 0.25) is 0 Å². The average molecular weight is 387 g/mol. The van der Waals surface area contributed by atoms with Gasteiger partial charge in [0, 0.05) is 22.5 Å². The number of alkyl halides is 4. The van der Waals surface area contributed by atoms with Gasteiger partial charge in [0.1, 0.15) is 0 Å². The van der Waals surface area contributed by atoms with Crippen molar-refractivity contribution in [1.29, 1.82) is 0 Å². The third-order valence-corrected chi connectivity index (χ3v) is 3.84. The summed E-state index contributed by atoms with van der Waals surface area (Å²) in [6.07, 6.45) is -0.865. The highest BCUT2D eigenvalue weighted by molar-refractivity contribution is 9.10. The predicted octanol–water partition coefficient (Wildman–Crippen LogP) is 5.00. The van der Waals surface area contributed by atoms with Gasteiger partial charge in [0.15, 0.2) is 0 Å². The monoisotopic (exact) mass is 385 g/mol. The molecular formula is C14H16BrClF3NO. The van der Waals surface area contributed by atoms with Gasteiger partial charge in [-0.15, -0.1) is 11.6 Å². The lowest BCUT2D eigenvalue weighted by atomic mass is 10.1. The molecule has 0 heterocycles. The Morgan fingerprint density at radius 2 is 1.86 bits per heavy atom. The molecule has 0 aliphatic rings. The van der Waals surface area contributed by atoms with E-state index >= 15 is 0 Å². The van der Waals surface area contributed by atoms with Crippen LogP contribution < -0.4 is 5.32 Å². The second-order valence-electron chi connectivity index (χ2n) is 4.55. The number of nitrogens with one attached hydrogen (secondary N) is 1. The molecule has 0 saturated carbocycles. The molecule has 0 aromatic heterocycles. The topological polar surface area (TPSA) is 29.1 Å². The maximum Gasteiger partial charge on any atom is 0.417 e. The minimum atomic E-state index is -4.49. The lowest BCUT2D eigenvalue weighted by Crippen LogP contribution is -2.25. The quantitative estimate of drug-likeness (QED) is 0.519. The molecule has 0 aliphatic heterocycles. The highest BCUT2D eigenvalue weighted by Crippen LogP contribution is 2.35. The number of carbonyl (C=O) groups excluding carboxylic acids is 1. The van der Waals surface area contributed by atoms with Crippen LogP contribution in [-0.2, 0) is 6.18 Å². The average Bonchev–Trinajstić information content (AvgIpc) is 2.41. The van der Waals surface area contributed by atoms with Crippen LogP contribution in [-0.4, -0.2) is 18.3 Å². The van der Waals surface area contributed by atoms with Crippen molar-refractivity contribution in [2.45, 2.75) is 31.9 Å². The van der Waals surface area contributed by atoms with Crippen LogP contribution >= 0.6 is 27.5 Å². The molecule has 0 unspecified atom stereocenters. The molecule has 0 aliphatic carbocycles. The molecule has 0 spiro atoms. The highest BCUT2D eigenvalue weighted by Gasteiger charge is 2.33. The van der Waals surface area contributed by atoms with Gasteiger partial charge >= 0.3 is 6.18 Å². The van der Waals surface area contributed by atoms with E-state index in [0.29, 0.717) is 12.4 Å². The van der Waals surface area contributed by atoms with Gasteiger partial charge in [-0.2, -0.15) is 13.2 Å². The molecule has 2 nitrogen and oxygen atoms in total. The molecular weight excluding hydrogens is 371 g/mol. The SMILES string of the molecule is O=C(NCCCCCCCl)c1ccc(Br)c(C(F)(F)F)c1. The lowest BCUT2D eigenvalue weighted by Gasteiger charge is -2.11. The molecule has 1 amide bonds. The van der Waals surface area contributed by atoms with Crippen molar-refractivity contribution in [3.8, 4) is 0 Å². The third-order valence-electron chi connectivity index (χ3n) is 2.88. The predicted molar refractivity (Wildman–Crippen MR) is 80.7 cm³/mol. The number of hydrogen-bond acceptors (Lipinski definition) is 1. The molecule has 118 valence electrons. The zero-order valence-electron chi connectivity index (χ0n) is 11.3. The van der Waals surface area contributed by atoms with Crippen molar-refractivity contribution in [3.05, 3.63) is 33.8 Å². The van der Waals surface area contributed by atoms with E-state index in [9.17, 15) is 18.0 Å². The number of halogens is 5. The second kappa shape index (κ2) is 8.63. The molecule has 7 heteroatoms. The van der Waals surface area contributed by atoms with Crippen molar-refractivity contribution < 1.29 is 18.0 Å². The number of unbranched alkanes of at least 4 members (excludes halogenated alkanes) is 3. The zero-order chi connectivity index (χ0) is 15.9. The Balaban J connectivity index is 2.55. The van der Waals surface area contributed by atoms with E-state index in [4.69, 9.17) is 11.6 Å². The summed E-state index contributed by atoms with van der Waals surface area (Å²) in [6, 6.07) is 3.45. The zero-order valence-corrected chi connectivity index (χ0v) is 13.6. The summed E-state index contributed by atoms with van der Waals surface area (Å²) in [5, 5.41) is 2.62. The van der Waals surface area contributed by atoms with Crippen molar-refractivity contribution in [2.24, 2.45) is 0 Å². The van der Waals surface area contributed by atoms with Crippen LogP contribution in [0.2, 0.25) is 0 Å². The summed E-state index contributed by atoms with van der Waals surface area (Å²) in [7, 11) is 0. The van der Waals surface area contributed by atoms with Crippen LogP contribution in [0.25, 0.3) is 0 Å². The van der Waals surface area contributed by atoms with Gasteiger partial charge in [-0.3, -0.25) is 4.79 Å². The van der Waals surface area contributed by atoms with Crippen LogP contribution in [0.15, 0.2) is 22.7 Å². The van der Waals surface area contributed by atoms with E-state index in [1.165, 1.54) is 12.1 Å². The number of carbonyl (C=O) groups is 1. The first kappa shape index (κ1) is 18.3. The number of amides is 1. The Bertz CT molecular complexity index is 480. The molecule has 0 radical (unpaired) electrons. The normalized spacial score (nSPS) is 11.5. The smallest absolute Gasteiger partial charge is 0.352 e. The van der Waals surface area contributed by atoms with Crippen molar-refractivity contribution in [2.75, 3.05) is 12.4 Å². The maximum atomic E-state index is 12.7. The van der Waals surface area contributed by atoms with Gasteiger partial charge in [-0.05, 0) is 31.0 Å². The maximum absolute atomic E-state index is 12.7. The van der Waals surface area contributed by atoms with E-state index in [1.807, 2.05) is 0 Å². The summed E-state index contributed by atoms with van der Waals surface area (Å²) in [6.45, 7) is 0.443. The van der Waals surface area contributed by atoms with Gasteiger partial charge in [0.25, 0.3) is 5.91 Å². The van der Waals surface area contributed by atoms with E-state index in [1.54, 1.807) is 0 Å². The van der Waals surface area contributed by atoms with Crippen LogP contribution in [0.5, 0.6) is 0 Å². The molecule has 0 bridgehead atoms. The fourth-order valence-electron chi connectivity index (χ4n) is 1.76. The Hall–Kier alpha value is -0.750. The summed E-state index contributed by atoms with van der Waals surface area (Å²) >= 11 is 8.38. The Morgan fingerprint density at radius 1 is 1.19 bits per heavy atom. The van der Waals surface area contributed by atoms with Crippen molar-refractivity contribution >= 4 is 33.4 Å². The van der Waals surface area contributed by atoms with Crippen LogP contribution in [0.4, 0.5) is 13.2 Å².